The molecule has 8 nitrogen and oxygen atoms in total. The van der Waals surface area contributed by atoms with Gasteiger partial charge >= 0.3 is 0 Å². The van der Waals surface area contributed by atoms with E-state index in [9.17, 15) is 14.0 Å². The molecule has 2 heterocycles. The molecule has 2 aromatic carbocycles. The third-order valence-corrected chi connectivity index (χ3v) is 6.47. The van der Waals surface area contributed by atoms with Crippen LogP contribution in [0.5, 0.6) is 0 Å². The van der Waals surface area contributed by atoms with Gasteiger partial charge in [-0.05, 0) is 36.4 Å². The lowest BCUT2D eigenvalue weighted by molar-refractivity contribution is -0.113. The van der Waals surface area contributed by atoms with Crippen LogP contribution in [-0.2, 0) is 11.3 Å². The normalized spacial score (nSPS) is 10.7. The number of halogens is 2. The predicted octanol–water partition coefficient (Wildman–Crippen LogP) is 4.29. The van der Waals surface area contributed by atoms with E-state index in [4.69, 9.17) is 0 Å². The van der Waals surface area contributed by atoms with E-state index in [-0.39, 0.29) is 23.8 Å². The van der Waals surface area contributed by atoms with Crippen LogP contribution in [-0.4, -0.2) is 37.3 Å². The molecule has 0 bridgehead atoms. The number of nitrogens with zero attached hydrogens (tertiary/aromatic N) is 4. The number of amides is 2. The summed E-state index contributed by atoms with van der Waals surface area (Å²) in [6, 6.07) is 13.2. The Hall–Kier alpha value is -3.09. The number of hydrogen-bond acceptors (Lipinski definition) is 7. The fourth-order valence-electron chi connectivity index (χ4n) is 2.83. The van der Waals surface area contributed by atoms with Gasteiger partial charge in [-0.1, -0.05) is 39.8 Å². The van der Waals surface area contributed by atoms with Crippen LogP contribution in [0.25, 0.3) is 5.69 Å². The molecule has 0 aliphatic rings. The first-order valence-electron chi connectivity index (χ1n) is 9.56. The van der Waals surface area contributed by atoms with E-state index < -0.39 is 11.7 Å². The molecule has 2 amide bonds. The zero-order valence-electron chi connectivity index (χ0n) is 16.9. The van der Waals surface area contributed by atoms with E-state index in [1.807, 2.05) is 24.3 Å². The quantitative estimate of drug-likeness (QED) is 0.320. The van der Waals surface area contributed by atoms with Gasteiger partial charge in [0.2, 0.25) is 5.91 Å². The number of aromatic nitrogens is 4. The molecule has 0 aliphatic heterocycles. The van der Waals surface area contributed by atoms with Crippen molar-refractivity contribution in [1.82, 2.24) is 25.1 Å². The molecule has 4 aromatic rings. The first-order valence-corrected chi connectivity index (χ1v) is 12.2. The van der Waals surface area contributed by atoms with Crippen LogP contribution in [0.1, 0.15) is 16.2 Å². The maximum absolute atomic E-state index is 13.9. The van der Waals surface area contributed by atoms with E-state index in [1.54, 1.807) is 22.2 Å². The summed E-state index contributed by atoms with van der Waals surface area (Å²) in [5.74, 6) is -0.863. The number of carbonyl (C=O) groups excluding carboxylic acids is 2. The van der Waals surface area contributed by atoms with Crippen molar-refractivity contribution in [3.8, 4) is 5.69 Å². The molecular formula is C21H16BrFN6O2S2. The van der Waals surface area contributed by atoms with E-state index in [2.05, 4.69) is 41.7 Å². The smallest absolute Gasteiger partial charge is 0.254 e. The average molecular weight is 547 g/mol. The van der Waals surface area contributed by atoms with Crippen LogP contribution in [0.2, 0.25) is 0 Å². The second-order valence-corrected chi connectivity index (χ2v) is 9.30. The van der Waals surface area contributed by atoms with Gasteiger partial charge in [0.1, 0.15) is 5.82 Å². The van der Waals surface area contributed by atoms with Crippen molar-refractivity contribution >= 4 is 56.0 Å². The van der Waals surface area contributed by atoms with Crippen LogP contribution in [0.15, 0.2) is 69.7 Å². The fourth-order valence-corrected chi connectivity index (χ4v) is 4.41. The molecule has 0 radical (unpaired) electrons. The van der Waals surface area contributed by atoms with Gasteiger partial charge in [0.15, 0.2) is 16.1 Å². The monoisotopic (exact) mass is 546 g/mol. The molecule has 0 saturated heterocycles. The maximum Gasteiger partial charge on any atom is 0.254 e. The summed E-state index contributed by atoms with van der Waals surface area (Å²) >= 11 is 5.94. The molecule has 4 rings (SSSR count). The van der Waals surface area contributed by atoms with Gasteiger partial charge in [-0.25, -0.2) is 9.37 Å². The Kier molecular flexibility index (Phi) is 7.47. The molecule has 0 saturated carbocycles. The summed E-state index contributed by atoms with van der Waals surface area (Å²) in [6.07, 6.45) is 1.61. The molecular weight excluding hydrogens is 531 g/mol. The highest BCUT2D eigenvalue weighted by molar-refractivity contribution is 9.10. The Labute approximate surface area is 204 Å². The number of rotatable bonds is 8. The summed E-state index contributed by atoms with van der Waals surface area (Å²) < 4.78 is 16.6. The van der Waals surface area contributed by atoms with Crippen molar-refractivity contribution in [2.24, 2.45) is 0 Å². The molecule has 2 N–H and O–H groups in total. The second kappa shape index (κ2) is 10.7. The molecule has 0 spiro atoms. The van der Waals surface area contributed by atoms with Crippen molar-refractivity contribution in [3.05, 3.63) is 81.8 Å². The van der Waals surface area contributed by atoms with Crippen LogP contribution >= 0.6 is 39.0 Å². The van der Waals surface area contributed by atoms with Gasteiger partial charge in [0, 0.05) is 21.7 Å². The van der Waals surface area contributed by atoms with Gasteiger partial charge in [-0.2, -0.15) is 0 Å². The Morgan fingerprint density at radius 2 is 1.91 bits per heavy atom. The fraction of sp³-hybridized carbons (Fsp3) is 0.0952. The Morgan fingerprint density at radius 1 is 1.12 bits per heavy atom. The number of hydrogen-bond donors (Lipinski definition) is 2. The topological polar surface area (TPSA) is 102 Å². The predicted molar refractivity (Wildman–Crippen MR) is 128 cm³/mol. The van der Waals surface area contributed by atoms with E-state index >= 15 is 0 Å². The molecule has 0 aliphatic carbocycles. The summed E-state index contributed by atoms with van der Waals surface area (Å²) in [6.45, 7) is 0.0160. The van der Waals surface area contributed by atoms with E-state index in [1.165, 1.54) is 41.3 Å². The summed E-state index contributed by atoms with van der Waals surface area (Å²) in [4.78, 5) is 28.7. The second-order valence-electron chi connectivity index (χ2n) is 6.55. The number of nitrogens with one attached hydrogen (secondary N) is 2. The van der Waals surface area contributed by atoms with Crippen molar-refractivity contribution in [1.29, 1.82) is 0 Å². The third kappa shape index (κ3) is 5.83. The van der Waals surface area contributed by atoms with Crippen molar-refractivity contribution in [2.45, 2.75) is 11.7 Å². The minimum Gasteiger partial charge on any atom is -0.345 e. The van der Waals surface area contributed by atoms with Gasteiger partial charge in [0.25, 0.3) is 5.91 Å². The van der Waals surface area contributed by atoms with Gasteiger partial charge in [0.05, 0.1) is 17.9 Å². The van der Waals surface area contributed by atoms with Crippen LogP contribution in [0, 0.1) is 5.82 Å². The van der Waals surface area contributed by atoms with Crippen molar-refractivity contribution in [3.63, 3.8) is 0 Å². The zero-order chi connectivity index (χ0) is 23.2. The average Bonchev–Trinajstić information content (AvgIpc) is 3.47. The summed E-state index contributed by atoms with van der Waals surface area (Å²) in [5, 5.41) is 16.6. The highest BCUT2D eigenvalue weighted by atomic mass is 79.9. The minimum atomic E-state index is -0.605. The molecule has 0 unspecified atom stereocenters. The number of carbonyl (C=O) groups is 2. The number of anilines is 1. The van der Waals surface area contributed by atoms with Gasteiger partial charge in [-0.3, -0.25) is 14.2 Å². The standard InChI is InChI=1S/C21H16BrFN6O2S2/c22-13-5-7-14(8-6-13)29-17(11-25-19(31)15-3-1-2-4-16(15)23)27-28-21(29)33-12-18(30)26-20-24-9-10-32-20/h1-10H,11-12H2,(H,25,31)(H,24,26,30). The number of thioether (sulfide) groups is 1. The molecule has 33 heavy (non-hydrogen) atoms. The molecule has 0 fully saturated rings. The van der Waals surface area contributed by atoms with Gasteiger partial charge < -0.3 is 10.6 Å². The number of benzene rings is 2. The lowest BCUT2D eigenvalue weighted by Gasteiger charge is -2.11. The van der Waals surface area contributed by atoms with Crippen LogP contribution in [0.3, 0.4) is 0 Å². The number of thiazole rings is 1. The Morgan fingerprint density at radius 3 is 2.64 bits per heavy atom. The SMILES string of the molecule is O=C(CSc1nnc(CNC(=O)c2ccccc2F)n1-c1ccc(Br)cc1)Nc1nccs1. The van der Waals surface area contributed by atoms with E-state index in [0.29, 0.717) is 16.1 Å². The lowest BCUT2D eigenvalue weighted by atomic mass is 10.2. The zero-order valence-corrected chi connectivity index (χ0v) is 20.1. The summed E-state index contributed by atoms with van der Waals surface area (Å²) in [7, 11) is 0. The minimum absolute atomic E-state index is 0.0160. The van der Waals surface area contributed by atoms with Crippen molar-refractivity contribution in [2.75, 3.05) is 11.1 Å². The highest BCUT2D eigenvalue weighted by Gasteiger charge is 2.18. The molecule has 0 atom stereocenters. The highest BCUT2D eigenvalue weighted by Crippen LogP contribution is 2.24. The maximum atomic E-state index is 13.9. The van der Waals surface area contributed by atoms with E-state index in [0.717, 1.165) is 10.2 Å². The summed E-state index contributed by atoms with van der Waals surface area (Å²) in [5.41, 5.74) is 0.696. The van der Waals surface area contributed by atoms with Crippen LogP contribution in [0.4, 0.5) is 9.52 Å². The molecule has 12 heteroatoms. The first kappa shape index (κ1) is 23.1. The molecule has 168 valence electrons. The first-order chi connectivity index (χ1) is 16.0. The van der Waals surface area contributed by atoms with Gasteiger partial charge in [-0.15, -0.1) is 21.5 Å². The Bertz CT molecular complexity index is 1260. The largest absolute Gasteiger partial charge is 0.345 e. The molecule has 2 aromatic heterocycles. The Balaban J connectivity index is 1.52. The third-order valence-electron chi connectivity index (χ3n) is 4.32. The van der Waals surface area contributed by atoms with Crippen LogP contribution < -0.4 is 10.6 Å². The van der Waals surface area contributed by atoms with Crippen molar-refractivity contribution < 1.29 is 14.0 Å². The lowest BCUT2D eigenvalue weighted by Crippen LogP contribution is -2.25.